The maximum Gasteiger partial charge on any atom is 0.171 e. The Balaban J connectivity index is 1.62. The molecule has 1 aliphatic rings. The second-order valence-electron chi connectivity index (χ2n) is 5.41. The Labute approximate surface area is 135 Å². The molecular formula is C17H17ClN2S. The van der Waals surface area contributed by atoms with Crippen molar-refractivity contribution >= 4 is 34.6 Å². The van der Waals surface area contributed by atoms with Gasteiger partial charge in [0.15, 0.2) is 5.11 Å². The highest BCUT2D eigenvalue weighted by Crippen LogP contribution is 2.25. The maximum absolute atomic E-state index is 6.28. The molecule has 0 spiro atoms. The number of rotatable bonds is 2. The van der Waals surface area contributed by atoms with Crippen molar-refractivity contribution in [1.82, 2.24) is 5.32 Å². The molecule has 108 valence electrons. The molecule has 21 heavy (non-hydrogen) atoms. The molecule has 4 heteroatoms. The van der Waals surface area contributed by atoms with Gasteiger partial charge in [0.05, 0.1) is 10.7 Å². The second kappa shape index (κ2) is 6.04. The predicted molar refractivity (Wildman–Crippen MR) is 93.2 cm³/mol. The van der Waals surface area contributed by atoms with E-state index >= 15 is 0 Å². The Hall–Kier alpha value is -1.58. The van der Waals surface area contributed by atoms with E-state index in [1.54, 1.807) is 0 Å². The van der Waals surface area contributed by atoms with Crippen LogP contribution in [0, 0.1) is 6.92 Å². The first-order chi connectivity index (χ1) is 10.1. The van der Waals surface area contributed by atoms with Crippen molar-refractivity contribution in [3.05, 3.63) is 64.2 Å². The minimum atomic E-state index is 0.353. The van der Waals surface area contributed by atoms with E-state index in [-0.39, 0.29) is 0 Å². The number of fused-ring (bicyclic) bond motifs is 1. The van der Waals surface area contributed by atoms with Gasteiger partial charge in [0, 0.05) is 6.04 Å². The van der Waals surface area contributed by atoms with Gasteiger partial charge in [0.1, 0.15) is 0 Å². The summed E-state index contributed by atoms with van der Waals surface area (Å²) >= 11 is 11.7. The lowest BCUT2D eigenvalue weighted by Gasteiger charge is -2.17. The van der Waals surface area contributed by atoms with Crippen LogP contribution in [0.15, 0.2) is 42.5 Å². The molecule has 0 bridgehead atoms. The van der Waals surface area contributed by atoms with Crippen LogP contribution in [0.3, 0.4) is 0 Å². The number of nitrogens with one attached hydrogen (secondary N) is 2. The monoisotopic (exact) mass is 316 g/mol. The lowest BCUT2D eigenvalue weighted by atomic mass is 10.1. The van der Waals surface area contributed by atoms with Gasteiger partial charge in [0.25, 0.3) is 0 Å². The maximum atomic E-state index is 6.28. The number of anilines is 1. The molecule has 0 unspecified atom stereocenters. The topological polar surface area (TPSA) is 24.1 Å². The van der Waals surface area contributed by atoms with E-state index in [4.69, 9.17) is 23.8 Å². The Kier molecular flexibility index (Phi) is 4.13. The Morgan fingerprint density at radius 1 is 1.10 bits per heavy atom. The van der Waals surface area contributed by atoms with Crippen LogP contribution in [0.1, 0.15) is 16.7 Å². The van der Waals surface area contributed by atoms with Crippen LogP contribution in [-0.4, -0.2) is 11.2 Å². The first kappa shape index (κ1) is 14.4. The Bertz CT molecular complexity index is 659. The molecule has 0 heterocycles. The summed E-state index contributed by atoms with van der Waals surface area (Å²) in [7, 11) is 0. The van der Waals surface area contributed by atoms with Gasteiger partial charge in [-0.15, -0.1) is 0 Å². The summed E-state index contributed by atoms with van der Waals surface area (Å²) in [4.78, 5) is 0. The van der Waals surface area contributed by atoms with E-state index in [2.05, 4.69) is 34.9 Å². The molecule has 0 aliphatic heterocycles. The molecule has 0 radical (unpaired) electrons. The van der Waals surface area contributed by atoms with Crippen molar-refractivity contribution in [3.8, 4) is 0 Å². The third-order valence-electron chi connectivity index (χ3n) is 3.83. The second-order valence-corrected chi connectivity index (χ2v) is 6.20. The number of benzene rings is 2. The molecule has 0 aromatic heterocycles. The van der Waals surface area contributed by atoms with Gasteiger partial charge in [-0.2, -0.15) is 0 Å². The van der Waals surface area contributed by atoms with Crippen LogP contribution in [0.25, 0.3) is 0 Å². The van der Waals surface area contributed by atoms with Crippen molar-refractivity contribution in [2.75, 3.05) is 5.32 Å². The molecule has 2 nitrogen and oxygen atoms in total. The number of hydrogen-bond acceptors (Lipinski definition) is 1. The fourth-order valence-electron chi connectivity index (χ4n) is 2.75. The Morgan fingerprint density at radius 2 is 1.76 bits per heavy atom. The molecular weight excluding hydrogens is 300 g/mol. The van der Waals surface area contributed by atoms with Crippen LogP contribution < -0.4 is 10.6 Å². The zero-order chi connectivity index (χ0) is 14.8. The number of aryl methyl sites for hydroxylation is 1. The largest absolute Gasteiger partial charge is 0.359 e. The van der Waals surface area contributed by atoms with Crippen molar-refractivity contribution in [2.45, 2.75) is 25.8 Å². The zero-order valence-corrected chi connectivity index (χ0v) is 13.4. The van der Waals surface area contributed by atoms with Crippen molar-refractivity contribution in [2.24, 2.45) is 0 Å². The lowest BCUT2D eigenvalue weighted by molar-refractivity contribution is 0.648. The lowest BCUT2D eigenvalue weighted by Crippen LogP contribution is -2.38. The molecule has 0 amide bonds. The van der Waals surface area contributed by atoms with Gasteiger partial charge in [-0.1, -0.05) is 48.0 Å². The van der Waals surface area contributed by atoms with Gasteiger partial charge in [-0.05, 0) is 54.7 Å². The average Bonchev–Trinajstić information content (AvgIpc) is 2.86. The standard InChI is InChI=1S/C17H17ClN2S/c1-11-5-4-8-15(16(11)18)20-17(21)19-14-9-12-6-2-3-7-13(12)10-14/h2-8,14H,9-10H2,1H3,(H2,19,20,21). The first-order valence-corrected chi connectivity index (χ1v) is 7.81. The highest BCUT2D eigenvalue weighted by Gasteiger charge is 2.21. The smallest absolute Gasteiger partial charge is 0.171 e. The molecule has 2 aromatic carbocycles. The molecule has 2 aromatic rings. The number of hydrogen-bond donors (Lipinski definition) is 2. The van der Waals surface area contributed by atoms with E-state index < -0.39 is 0 Å². The third-order valence-corrected chi connectivity index (χ3v) is 4.55. The highest BCUT2D eigenvalue weighted by molar-refractivity contribution is 7.80. The summed E-state index contributed by atoms with van der Waals surface area (Å²) in [5.41, 5.74) is 4.71. The van der Waals surface area contributed by atoms with E-state index in [9.17, 15) is 0 Å². The third kappa shape index (κ3) is 3.20. The average molecular weight is 317 g/mol. The summed E-state index contributed by atoms with van der Waals surface area (Å²) < 4.78 is 0. The zero-order valence-electron chi connectivity index (χ0n) is 11.8. The van der Waals surface area contributed by atoms with E-state index in [1.165, 1.54) is 11.1 Å². The van der Waals surface area contributed by atoms with Crippen molar-refractivity contribution in [1.29, 1.82) is 0 Å². The summed E-state index contributed by atoms with van der Waals surface area (Å²) in [6, 6.07) is 14.8. The Morgan fingerprint density at radius 3 is 2.43 bits per heavy atom. The molecule has 3 rings (SSSR count). The molecule has 2 N–H and O–H groups in total. The number of thiocarbonyl (C=S) groups is 1. The molecule has 0 saturated heterocycles. The molecule has 0 saturated carbocycles. The van der Waals surface area contributed by atoms with Crippen LogP contribution in [0.5, 0.6) is 0 Å². The fourth-order valence-corrected chi connectivity index (χ4v) is 3.20. The summed E-state index contributed by atoms with van der Waals surface area (Å²) in [6.07, 6.45) is 2.03. The molecule has 1 aliphatic carbocycles. The van der Waals surface area contributed by atoms with Gasteiger partial charge in [-0.25, -0.2) is 0 Å². The van der Waals surface area contributed by atoms with Crippen LogP contribution >= 0.6 is 23.8 Å². The van der Waals surface area contributed by atoms with Crippen LogP contribution in [0.4, 0.5) is 5.69 Å². The van der Waals surface area contributed by atoms with Gasteiger partial charge in [0.2, 0.25) is 0 Å². The van der Waals surface area contributed by atoms with Gasteiger partial charge in [-0.3, -0.25) is 0 Å². The predicted octanol–water partition coefficient (Wildman–Crippen LogP) is 4.10. The van der Waals surface area contributed by atoms with E-state index in [0.717, 1.165) is 29.1 Å². The summed E-state index contributed by atoms with van der Waals surface area (Å²) in [6.45, 7) is 1.98. The molecule has 0 atom stereocenters. The fraction of sp³-hybridized carbons (Fsp3) is 0.235. The van der Waals surface area contributed by atoms with Crippen molar-refractivity contribution < 1.29 is 0 Å². The van der Waals surface area contributed by atoms with Gasteiger partial charge >= 0.3 is 0 Å². The van der Waals surface area contributed by atoms with Crippen LogP contribution in [0.2, 0.25) is 5.02 Å². The summed E-state index contributed by atoms with van der Waals surface area (Å²) in [5, 5.41) is 7.92. The van der Waals surface area contributed by atoms with Crippen molar-refractivity contribution in [3.63, 3.8) is 0 Å². The van der Waals surface area contributed by atoms with E-state index in [0.29, 0.717) is 11.2 Å². The van der Waals surface area contributed by atoms with E-state index in [1.807, 2.05) is 25.1 Å². The summed E-state index contributed by atoms with van der Waals surface area (Å²) in [5.74, 6) is 0. The highest BCUT2D eigenvalue weighted by atomic mass is 35.5. The number of halogens is 1. The molecule has 0 fully saturated rings. The van der Waals surface area contributed by atoms with Crippen LogP contribution in [-0.2, 0) is 12.8 Å². The normalized spacial score (nSPS) is 13.8. The van der Waals surface area contributed by atoms with Gasteiger partial charge < -0.3 is 10.6 Å². The minimum Gasteiger partial charge on any atom is -0.359 e. The quantitative estimate of drug-likeness (QED) is 0.816. The first-order valence-electron chi connectivity index (χ1n) is 7.03. The SMILES string of the molecule is Cc1cccc(NC(=S)NC2Cc3ccccc3C2)c1Cl. The minimum absolute atomic E-state index is 0.353.